The summed E-state index contributed by atoms with van der Waals surface area (Å²) < 4.78 is 0. The Morgan fingerprint density at radius 3 is 2.56 bits per heavy atom. The van der Waals surface area contributed by atoms with Crippen LogP contribution in [-0.2, 0) is 0 Å². The second kappa shape index (κ2) is 1.25. The van der Waals surface area contributed by atoms with Crippen LogP contribution in [0, 0.1) is 17.3 Å². The van der Waals surface area contributed by atoms with E-state index in [1.165, 1.54) is 12.8 Å². The molecule has 0 heteroatoms. The number of fused-ring (bicyclic) bond motifs is 1. The number of hydrogen-bond acceptors (Lipinski definition) is 0. The van der Waals surface area contributed by atoms with E-state index in [9.17, 15) is 0 Å². The van der Waals surface area contributed by atoms with Gasteiger partial charge in [-0.25, -0.2) is 0 Å². The molecule has 0 aromatic carbocycles. The zero-order chi connectivity index (χ0) is 6.65. The van der Waals surface area contributed by atoms with Crippen LogP contribution in [0.1, 0.15) is 26.7 Å². The van der Waals surface area contributed by atoms with E-state index < -0.39 is 0 Å². The van der Waals surface area contributed by atoms with E-state index in [1.807, 2.05) is 0 Å². The van der Waals surface area contributed by atoms with Crippen LogP contribution in [0.4, 0.5) is 0 Å². The molecule has 0 aromatic rings. The van der Waals surface area contributed by atoms with Crippen LogP contribution in [0.25, 0.3) is 0 Å². The average Bonchev–Trinajstić information content (AvgIpc) is 2.71. The van der Waals surface area contributed by atoms with Crippen molar-refractivity contribution in [2.75, 3.05) is 0 Å². The van der Waals surface area contributed by atoms with Crippen molar-refractivity contribution < 1.29 is 0 Å². The lowest BCUT2D eigenvalue weighted by Gasteiger charge is -2.10. The molecule has 50 valence electrons. The second-order valence-corrected chi connectivity index (χ2v) is 3.63. The van der Waals surface area contributed by atoms with Crippen LogP contribution < -0.4 is 0 Å². The Morgan fingerprint density at radius 1 is 1.89 bits per heavy atom. The maximum absolute atomic E-state index is 4.04. The lowest BCUT2D eigenvalue weighted by atomic mass is 9.94. The molecule has 0 radical (unpaired) electrons. The Kier molecular flexibility index (Phi) is 0.769. The molecule has 2 aliphatic rings. The molecule has 2 saturated carbocycles. The fourth-order valence-corrected chi connectivity index (χ4v) is 2.16. The van der Waals surface area contributed by atoms with Crippen LogP contribution in [0.5, 0.6) is 0 Å². The summed E-state index contributed by atoms with van der Waals surface area (Å²) in [4.78, 5) is 0. The van der Waals surface area contributed by atoms with E-state index in [2.05, 4.69) is 20.4 Å². The monoisotopic (exact) mass is 122 g/mol. The Hall–Kier alpha value is -0.260. The molecule has 0 saturated heterocycles. The predicted molar refractivity (Wildman–Crippen MR) is 39.1 cm³/mol. The van der Waals surface area contributed by atoms with Gasteiger partial charge < -0.3 is 0 Å². The third-order valence-corrected chi connectivity index (χ3v) is 3.43. The van der Waals surface area contributed by atoms with Gasteiger partial charge in [0.15, 0.2) is 0 Å². The molecule has 3 atom stereocenters. The van der Waals surface area contributed by atoms with Gasteiger partial charge in [-0.2, -0.15) is 0 Å². The third-order valence-electron chi connectivity index (χ3n) is 3.43. The molecule has 0 aromatic heterocycles. The number of rotatable bonds is 2. The van der Waals surface area contributed by atoms with Gasteiger partial charge in [-0.1, -0.05) is 32.4 Å². The number of hydrogen-bond donors (Lipinski definition) is 0. The van der Waals surface area contributed by atoms with Crippen molar-refractivity contribution in [3.63, 3.8) is 0 Å². The fraction of sp³-hybridized carbons (Fsp3) is 0.778. The molecule has 0 bridgehead atoms. The maximum atomic E-state index is 4.04. The summed E-state index contributed by atoms with van der Waals surface area (Å²) in [6.07, 6.45) is 2.79. The van der Waals surface area contributed by atoms with Gasteiger partial charge >= 0.3 is 0 Å². The van der Waals surface area contributed by atoms with Crippen LogP contribution in [0.2, 0.25) is 0 Å². The minimum absolute atomic E-state index is 0.689. The molecule has 0 heterocycles. The summed E-state index contributed by atoms with van der Waals surface area (Å²) in [6.45, 7) is 8.68. The SMILES string of the molecule is C=C1C2CC12C(C)CC. The maximum Gasteiger partial charge on any atom is 0.000963 e. The van der Waals surface area contributed by atoms with Crippen molar-refractivity contribution in [1.29, 1.82) is 0 Å². The molecule has 2 fully saturated rings. The molecular formula is C9H14. The van der Waals surface area contributed by atoms with Crippen molar-refractivity contribution in [2.45, 2.75) is 26.7 Å². The molecule has 9 heavy (non-hydrogen) atoms. The van der Waals surface area contributed by atoms with E-state index in [-0.39, 0.29) is 0 Å². The first kappa shape index (κ1) is 5.52. The van der Waals surface area contributed by atoms with E-state index in [1.54, 1.807) is 5.57 Å². The van der Waals surface area contributed by atoms with Crippen LogP contribution in [0.15, 0.2) is 12.2 Å². The van der Waals surface area contributed by atoms with E-state index in [0.29, 0.717) is 5.41 Å². The normalized spacial score (nSPS) is 48.2. The van der Waals surface area contributed by atoms with Crippen molar-refractivity contribution in [1.82, 2.24) is 0 Å². The zero-order valence-corrected chi connectivity index (χ0v) is 6.28. The van der Waals surface area contributed by atoms with Gasteiger partial charge in [-0.3, -0.25) is 0 Å². The second-order valence-electron chi connectivity index (χ2n) is 3.63. The van der Waals surface area contributed by atoms with Gasteiger partial charge in [0.25, 0.3) is 0 Å². The third kappa shape index (κ3) is 0.417. The largest absolute Gasteiger partial charge is 0.0990 e. The summed E-state index contributed by atoms with van der Waals surface area (Å²) in [5.74, 6) is 1.88. The molecule has 0 aliphatic heterocycles. The summed E-state index contributed by atoms with van der Waals surface area (Å²) >= 11 is 0. The molecule has 0 amide bonds. The highest BCUT2D eigenvalue weighted by atomic mass is 14.8. The predicted octanol–water partition coefficient (Wildman–Crippen LogP) is 2.61. The van der Waals surface area contributed by atoms with E-state index in [4.69, 9.17) is 0 Å². The minimum Gasteiger partial charge on any atom is -0.0990 e. The first-order valence-corrected chi connectivity index (χ1v) is 3.92. The van der Waals surface area contributed by atoms with Crippen LogP contribution in [-0.4, -0.2) is 0 Å². The van der Waals surface area contributed by atoms with Crippen molar-refractivity contribution >= 4 is 0 Å². The lowest BCUT2D eigenvalue weighted by Crippen LogP contribution is -2.01. The van der Waals surface area contributed by atoms with Crippen molar-refractivity contribution in [3.8, 4) is 0 Å². The van der Waals surface area contributed by atoms with Gasteiger partial charge in [0, 0.05) is 5.41 Å². The Bertz CT molecular complexity index is 169. The summed E-state index contributed by atoms with van der Waals surface area (Å²) in [5, 5.41) is 0. The highest BCUT2D eigenvalue weighted by molar-refractivity contribution is 5.49. The Morgan fingerprint density at radius 2 is 2.44 bits per heavy atom. The first-order valence-electron chi connectivity index (χ1n) is 3.92. The van der Waals surface area contributed by atoms with E-state index in [0.717, 1.165) is 11.8 Å². The van der Waals surface area contributed by atoms with Gasteiger partial charge in [0.2, 0.25) is 0 Å². The first-order chi connectivity index (χ1) is 4.23. The highest BCUT2D eigenvalue weighted by Crippen LogP contribution is 2.82. The van der Waals surface area contributed by atoms with Gasteiger partial charge in [-0.05, 0) is 18.3 Å². The molecule has 2 aliphatic carbocycles. The van der Waals surface area contributed by atoms with Gasteiger partial charge in [0.05, 0.1) is 0 Å². The highest BCUT2D eigenvalue weighted by Gasteiger charge is 2.74. The lowest BCUT2D eigenvalue weighted by molar-refractivity contribution is 0.440. The quantitative estimate of drug-likeness (QED) is 0.494. The summed E-state index contributed by atoms with van der Waals surface area (Å²) in [6, 6.07) is 0. The van der Waals surface area contributed by atoms with Crippen LogP contribution >= 0.6 is 0 Å². The Labute approximate surface area is 57.0 Å². The molecule has 2 rings (SSSR count). The fourth-order valence-electron chi connectivity index (χ4n) is 2.16. The zero-order valence-electron chi connectivity index (χ0n) is 6.28. The molecule has 0 N–H and O–H groups in total. The number of allylic oxidation sites excluding steroid dienone is 1. The van der Waals surface area contributed by atoms with Crippen LogP contribution in [0.3, 0.4) is 0 Å². The average molecular weight is 122 g/mol. The topological polar surface area (TPSA) is 0 Å². The van der Waals surface area contributed by atoms with Gasteiger partial charge in [-0.15, -0.1) is 0 Å². The van der Waals surface area contributed by atoms with Gasteiger partial charge in [0.1, 0.15) is 0 Å². The van der Waals surface area contributed by atoms with Crippen molar-refractivity contribution in [2.24, 2.45) is 17.3 Å². The smallest absolute Gasteiger partial charge is 0.000963 e. The molecule has 3 unspecified atom stereocenters. The summed E-state index contributed by atoms with van der Waals surface area (Å²) in [5.41, 5.74) is 2.24. The standard InChI is InChI=1S/C9H14/c1-4-6(2)9-5-8(9)7(9)3/h6,8H,3-5H2,1-2H3. The van der Waals surface area contributed by atoms with E-state index >= 15 is 0 Å². The summed E-state index contributed by atoms with van der Waals surface area (Å²) in [7, 11) is 0. The van der Waals surface area contributed by atoms with Crippen molar-refractivity contribution in [3.05, 3.63) is 12.2 Å². The molecule has 0 nitrogen and oxygen atoms in total. The Balaban J connectivity index is 2.08. The molecular weight excluding hydrogens is 108 g/mol. The molecule has 0 spiro atoms. The minimum atomic E-state index is 0.689.